The van der Waals surface area contributed by atoms with E-state index < -0.39 is 0 Å². The predicted molar refractivity (Wildman–Crippen MR) is 94.6 cm³/mol. The lowest BCUT2D eigenvalue weighted by Crippen LogP contribution is -2.18. The molecular weight excluding hydrogens is 322 g/mol. The number of ketones is 1. The fourth-order valence-electron chi connectivity index (χ4n) is 3.27. The Balaban J connectivity index is 1.70. The molecule has 4 nitrogen and oxygen atoms in total. The van der Waals surface area contributed by atoms with Crippen LogP contribution in [-0.4, -0.2) is 28.9 Å². The highest BCUT2D eigenvalue weighted by molar-refractivity contribution is 7.11. The van der Waals surface area contributed by atoms with Crippen LogP contribution in [0, 0.1) is 6.92 Å². The van der Waals surface area contributed by atoms with Gasteiger partial charge in [-0.2, -0.15) is 0 Å². The number of benzene rings is 1. The Kier molecular flexibility index (Phi) is 3.90. The Morgan fingerprint density at radius 2 is 2.08 bits per heavy atom. The van der Waals surface area contributed by atoms with E-state index >= 15 is 0 Å². The number of nitrogens with zero attached hydrogens (tertiary/aromatic N) is 1. The van der Waals surface area contributed by atoms with Gasteiger partial charge in [-0.05, 0) is 62.0 Å². The number of ether oxygens (including phenoxy) is 1. The zero-order chi connectivity index (χ0) is 16.7. The molecule has 1 fully saturated rings. The maximum atomic E-state index is 12.7. The molecule has 4 rings (SSSR count). The number of carbonyl (C=O) groups is 1. The van der Waals surface area contributed by atoms with Gasteiger partial charge in [0.2, 0.25) is 5.78 Å². The first kappa shape index (κ1) is 15.4. The topological polar surface area (TPSA) is 49.8 Å². The summed E-state index contributed by atoms with van der Waals surface area (Å²) in [6.07, 6.45) is 4.16. The van der Waals surface area contributed by atoms with Crippen LogP contribution >= 0.6 is 11.3 Å². The first-order valence-corrected chi connectivity index (χ1v) is 9.07. The Bertz CT molecular complexity index is 831. The Hall–Kier alpha value is -2.11. The third-order valence-corrected chi connectivity index (χ3v) is 5.63. The molecule has 0 unspecified atom stereocenters. The summed E-state index contributed by atoms with van der Waals surface area (Å²) in [5.41, 5.74) is 2.39. The van der Waals surface area contributed by atoms with E-state index in [2.05, 4.69) is 4.90 Å². The second-order valence-electron chi connectivity index (χ2n) is 6.33. The predicted octanol–water partition coefficient (Wildman–Crippen LogP) is 3.97. The fourth-order valence-corrected chi connectivity index (χ4v) is 4.11. The van der Waals surface area contributed by atoms with E-state index in [1.54, 1.807) is 29.5 Å². The molecule has 1 aromatic carbocycles. The third-order valence-electron chi connectivity index (χ3n) is 4.66. The van der Waals surface area contributed by atoms with Crippen LogP contribution in [0.1, 0.15) is 39.2 Å². The van der Waals surface area contributed by atoms with Gasteiger partial charge >= 0.3 is 0 Å². The van der Waals surface area contributed by atoms with E-state index in [1.807, 2.05) is 18.4 Å². The maximum absolute atomic E-state index is 12.7. The fraction of sp³-hybridized carbons (Fsp3) is 0.316. The molecule has 24 heavy (non-hydrogen) atoms. The lowest BCUT2D eigenvalue weighted by atomic mass is 10.0. The zero-order valence-electron chi connectivity index (χ0n) is 13.5. The number of carbonyl (C=O) groups excluding carboxylic acids is 1. The largest absolute Gasteiger partial charge is 0.507 e. The van der Waals surface area contributed by atoms with E-state index in [0.717, 1.165) is 23.5 Å². The monoisotopic (exact) mass is 341 g/mol. The van der Waals surface area contributed by atoms with Crippen molar-refractivity contribution in [2.24, 2.45) is 0 Å². The van der Waals surface area contributed by atoms with Crippen LogP contribution in [0.15, 0.2) is 29.3 Å². The molecular formula is C19H19NO3S. The Morgan fingerprint density at radius 1 is 1.29 bits per heavy atom. The number of thiophene rings is 1. The average Bonchev–Trinajstić information content (AvgIpc) is 3.27. The van der Waals surface area contributed by atoms with Gasteiger partial charge < -0.3 is 9.84 Å². The number of Topliss-reactive ketones (excluding diaryl/α,β-unsaturated/α-hetero) is 1. The van der Waals surface area contributed by atoms with Crippen molar-refractivity contribution in [3.8, 4) is 11.5 Å². The number of aromatic hydroxyl groups is 1. The van der Waals surface area contributed by atoms with Crippen molar-refractivity contribution >= 4 is 23.2 Å². The Labute approximate surface area is 145 Å². The first-order chi connectivity index (χ1) is 11.6. The minimum atomic E-state index is -0.111. The number of aryl methyl sites for hydroxylation is 1. The summed E-state index contributed by atoms with van der Waals surface area (Å²) < 4.78 is 5.90. The maximum Gasteiger partial charge on any atom is 0.232 e. The van der Waals surface area contributed by atoms with Crippen molar-refractivity contribution in [1.82, 2.24) is 4.90 Å². The molecule has 0 bridgehead atoms. The van der Waals surface area contributed by atoms with Crippen LogP contribution in [0.5, 0.6) is 11.5 Å². The highest BCUT2D eigenvalue weighted by Crippen LogP contribution is 2.40. The summed E-state index contributed by atoms with van der Waals surface area (Å²) in [5, 5.41) is 12.3. The van der Waals surface area contributed by atoms with Crippen LogP contribution in [0.3, 0.4) is 0 Å². The molecule has 0 saturated carbocycles. The summed E-state index contributed by atoms with van der Waals surface area (Å²) >= 11 is 1.58. The number of phenolic OH excluding ortho intramolecular Hbond substituents is 1. The van der Waals surface area contributed by atoms with E-state index in [9.17, 15) is 9.90 Å². The van der Waals surface area contributed by atoms with Crippen molar-refractivity contribution in [3.63, 3.8) is 0 Å². The molecule has 2 aliphatic rings. The summed E-state index contributed by atoms with van der Waals surface area (Å²) in [6, 6.07) is 5.28. The van der Waals surface area contributed by atoms with Crippen molar-refractivity contribution in [1.29, 1.82) is 0 Å². The standard InChI is InChI=1S/C19H19NO3S/c1-12-6-9-24-17(12)10-16-18(22)13-4-5-15(21)14(19(13)23-16)11-20-7-2-3-8-20/h4-6,9-10,21H,2-3,7-8,11H2,1H3. The summed E-state index contributed by atoms with van der Waals surface area (Å²) in [7, 11) is 0. The molecule has 0 spiro atoms. The summed E-state index contributed by atoms with van der Waals surface area (Å²) in [6.45, 7) is 4.68. The van der Waals surface area contributed by atoms with Crippen molar-refractivity contribution in [2.75, 3.05) is 13.1 Å². The second kappa shape index (κ2) is 6.07. The first-order valence-electron chi connectivity index (χ1n) is 8.19. The lowest BCUT2D eigenvalue weighted by molar-refractivity contribution is 0.101. The van der Waals surface area contributed by atoms with Gasteiger partial charge in [0, 0.05) is 17.5 Å². The number of phenols is 1. The lowest BCUT2D eigenvalue weighted by Gasteiger charge is -2.17. The molecule has 0 aliphatic carbocycles. The summed E-state index contributed by atoms with van der Waals surface area (Å²) in [4.78, 5) is 16.0. The van der Waals surface area contributed by atoms with E-state index in [0.29, 0.717) is 29.2 Å². The van der Waals surface area contributed by atoms with Crippen molar-refractivity contribution < 1.29 is 14.6 Å². The van der Waals surface area contributed by atoms with Gasteiger partial charge in [-0.25, -0.2) is 0 Å². The molecule has 0 radical (unpaired) electrons. The molecule has 2 aliphatic heterocycles. The SMILES string of the molecule is Cc1ccsc1C=C1Oc2c(ccc(O)c2CN2CCCC2)C1=O. The van der Waals surface area contributed by atoms with Crippen LogP contribution in [0.2, 0.25) is 0 Å². The van der Waals surface area contributed by atoms with Crippen LogP contribution in [-0.2, 0) is 6.54 Å². The summed E-state index contributed by atoms with van der Waals surface area (Å²) in [5.74, 6) is 0.943. The minimum Gasteiger partial charge on any atom is -0.507 e. The molecule has 124 valence electrons. The number of fused-ring (bicyclic) bond motifs is 1. The van der Waals surface area contributed by atoms with E-state index in [-0.39, 0.29) is 11.5 Å². The number of rotatable bonds is 3. The minimum absolute atomic E-state index is 0.111. The molecule has 5 heteroatoms. The van der Waals surface area contributed by atoms with Gasteiger partial charge in [0.05, 0.1) is 11.1 Å². The zero-order valence-corrected chi connectivity index (χ0v) is 14.4. The van der Waals surface area contributed by atoms with Crippen LogP contribution in [0.25, 0.3) is 6.08 Å². The number of allylic oxidation sites excluding steroid dienone is 1. The average molecular weight is 341 g/mol. The highest BCUT2D eigenvalue weighted by Gasteiger charge is 2.32. The van der Waals surface area contributed by atoms with Gasteiger partial charge in [-0.3, -0.25) is 9.69 Å². The molecule has 2 aromatic rings. The van der Waals surface area contributed by atoms with Crippen molar-refractivity contribution in [2.45, 2.75) is 26.3 Å². The molecule has 1 saturated heterocycles. The Morgan fingerprint density at radius 3 is 2.79 bits per heavy atom. The second-order valence-corrected chi connectivity index (χ2v) is 7.28. The number of likely N-dealkylation sites (tertiary alicyclic amines) is 1. The molecule has 3 heterocycles. The number of hydrogen-bond acceptors (Lipinski definition) is 5. The van der Waals surface area contributed by atoms with Crippen molar-refractivity contribution in [3.05, 3.63) is 50.9 Å². The van der Waals surface area contributed by atoms with Gasteiger partial charge in [0.1, 0.15) is 11.5 Å². The van der Waals surface area contributed by atoms with Gasteiger partial charge in [-0.1, -0.05) is 0 Å². The van der Waals surface area contributed by atoms with Crippen LogP contribution < -0.4 is 4.74 Å². The highest BCUT2D eigenvalue weighted by atomic mass is 32.1. The smallest absolute Gasteiger partial charge is 0.232 e. The van der Waals surface area contributed by atoms with Gasteiger partial charge in [0.25, 0.3) is 0 Å². The van der Waals surface area contributed by atoms with Crippen LogP contribution in [0.4, 0.5) is 0 Å². The van der Waals surface area contributed by atoms with Gasteiger partial charge in [0.15, 0.2) is 5.76 Å². The molecule has 1 N–H and O–H groups in total. The normalized spacial score (nSPS) is 19.0. The van der Waals surface area contributed by atoms with E-state index in [1.165, 1.54) is 12.8 Å². The number of hydrogen-bond donors (Lipinski definition) is 1. The van der Waals surface area contributed by atoms with E-state index in [4.69, 9.17) is 4.74 Å². The van der Waals surface area contributed by atoms with Gasteiger partial charge in [-0.15, -0.1) is 11.3 Å². The molecule has 1 aromatic heterocycles. The quantitative estimate of drug-likeness (QED) is 0.858. The third kappa shape index (κ3) is 2.64. The molecule has 0 atom stereocenters. The molecule has 0 amide bonds.